The van der Waals surface area contributed by atoms with Crippen molar-refractivity contribution in [2.45, 2.75) is 18.9 Å². The van der Waals surface area contributed by atoms with Crippen LogP contribution in [0.2, 0.25) is 0 Å². The highest BCUT2D eigenvalue weighted by Crippen LogP contribution is 2.18. The van der Waals surface area contributed by atoms with Crippen molar-refractivity contribution in [3.63, 3.8) is 0 Å². The molecule has 1 atom stereocenters. The molecule has 0 saturated carbocycles. The van der Waals surface area contributed by atoms with Gasteiger partial charge in [-0.1, -0.05) is 0 Å². The average molecular weight is 235 g/mol. The average Bonchev–Trinajstić information content (AvgIpc) is 2.74. The monoisotopic (exact) mass is 235 g/mol. The second kappa shape index (κ2) is 5.06. The van der Waals surface area contributed by atoms with Crippen LogP contribution < -0.4 is 16.0 Å². The molecule has 94 valence electrons. The van der Waals surface area contributed by atoms with Crippen LogP contribution in [-0.4, -0.2) is 42.5 Å². The minimum absolute atomic E-state index is 0.539. The highest BCUT2D eigenvalue weighted by molar-refractivity contribution is 5.35. The summed E-state index contributed by atoms with van der Waals surface area (Å²) >= 11 is 0. The van der Waals surface area contributed by atoms with E-state index >= 15 is 0 Å². The Balaban J connectivity index is 1.55. The van der Waals surface area contributed by atoms with Gasteiger partial charge in [0.25, 0.3) is 0 Å². The summed E-state index contributed by atoms with van der Waals surface area (Å²) in [7, 11) is 0. The molecule has 1 aromatic rings. The van der Waals surface area contributed by atoms with Crippen LogP contribution in [0.25, 0.3) is 0 Å². The summed E-state index contributed by atoms with van der Waals surface area (Å²) in [6.45, 7) is 5.47. The molecule has 0 amide bonds. The number of aromatic nitrogens is 2. The maximum absolute atomic E-state index is 4.40. The molecule has 2 saturated heterocycles. The van der Waals surface area contributed by atoms with Crippen LogP contribution in [-0.2, 0) is 0 Å². The summed E-state index contributed by atoms with van der Waals surface area (Å²) in [5.41, 5.74) is 0. The number of anilines is 1. The summed E-state index contributed by atoms with van der Waals surface area (Å²) in [6.07, 6.45) is 4.52. The van der Waals surface area contributed by atoms with Crippen LogP contribution >= 0.6 is 0 Å². The Labute approximate surface area is 102 Å². The zero-order valence-electron chi connectivity index (χ0n) is 10.2. The fraction of sp³-hybridized carbons (Fsp3) is 0.750. The first-order chi connectivity index (χ1) is 8.43. The lowest BCUT2D eigenvalue weighted by Gasteiger charge is -2.29. The van der Waals surface area contributed by atoms with E-state index < -0.39 is 0 Å². The summed E-state index contributed by atoms with van der Waals surface area (Å²) < 4.78 is 2.12. The Morgan fingerprint density at radius 1 is 1.35 bits per heavy atom. The SMILES string of the molecule is c1cc(NC[C@@H]2CCCNC2)n(C2CNC2)n1. The summed E-state index contributed by atoms with van der Waals surface area (Å²) in [6, 6.07) is 2.62. The van der Waals surface area contributed by atoms with E-state index in [1.165, 1.54) is 25.2 Å². The molecule has 0 spiro atoms. The molecule has 0 aliphatic carbocycles. The van der Waals surface area contributed by atoms with Crippen LogP contribution in [0.15, 0.2) is 12.3 Å². The molecule has 5 heteroatoms. The first-order valence-corrected chi connectivity index (χ1v) is 6.62. The minimum atomic E-state index is 0.539. The first kappa shape index (κ1) is 11.0. The number of nitrogens with zero attached hydrogens (tertiary/aromatic N) is 2. The second-order valence-corrected chi connectivity index (χ2v) is 5.07. The molecule has 2 aliphatic rings. The summed E-state index contributed by atoms with van der Waals surface area (Å²) in [5, 5.41) is 14.7. The summed E-state index contributed by atoms with van der Waals surface area (Å²) in [5.74, 6) is 1.92. The number of hydrogen-bond donors (Lipinski definition) is 3. The Hall–Kier alpha value is -1.07. The van der Waals surface area contributed by atoms with Gasteiger partial charge in [0, 0.05) is 25.7 Å². The lowest BCUT2D eigenvalue weighted by atomic mass is 10.00. The van der Waals surface area contributed by atoms with Gasteiger partial charge in [-0.2, -0.15) is 5.10 Å². The molecular formula is C12H21N5. The Morgan fingerprint density at radius 2 is 2.29 bits per heavy atom. The van der Waals surface area contributed by atoms with Gasteiger partial charge in [0.2, 0.25) is 0 Å². The van der Waals surface area contributed by atoms with Gasteiger partial charge in [-0.25, -0.2) is 4.68 Å². The van der Waals surface area contributed by atoms with Gasteiger partial charge in [0.05, 0.1) is 12.2 Å². The van der Waals surface area contributed by atoms with Gasteiger partial charge < -0.3 is 16.0 Å². The molecule has 3 N–H and O–H groups in total. The highest BCUT2D eigenvalue weighted by atomic mass is 15.4. The molecule has 2 aliphatic heterocycles. The van der Waals surface area contributed by atoms with E-state index in [9.17, 15) is 0 Å². The van der Waals surface area contributed by atoms with E-state index in [1.807, 2.05) is 6.20 Å². The molecule has 0 bridgehead atoms. The van der Waals surface area contributed by atoms with Crippen LogP contribution in [0.1, 0.15) is 18.9 Å². The van der Waals surface area contributed by atoms with Crippen molar-refractivity contribution in [2.24, 2.45) is 5.92 Å². The predicted molar refractivity (Wildman–Crippen MR) is 68.2 cm³/mol. The van der Waals surface area contributed by atoms with E-state index in [0.717, 1.165) is 32.1 Å². The maximum atomic E-state index is 4.40. The van der Waals surface area contributed by atoms with Crippen molar-refractivity contribution in [3.05, 3.63) is 12.3 Å². The summed E-state index contributed by atoms with van der Waals surface area (Å²) in [4.78, 5) is 0. The maximum Gasteiger partial charge on any atom is 0.124 e. The van der Waals surface area contributed by atoms with Gasteiger partial charge in [0.1, 0.15) is 5.82 Å². The zero-order chi connectivity index (χ0) is 11.5. The Bertz CT molecular complexity index is 352. The highest BCUT2D eigenvalue weighted by Gasteiger charge is 2.22. The molecule has 3 heterocycles. The largest absolute Gasteiger partial charge is 0.370 e. The second-order valence-electron chi connectivity index (χ2n) is 5.07. The van der Waals surface area contributed by atoms with Crippen LogP contribution in [0, 0.1) is 5.92 Å². The Kier molecular flexibility index (Phi) is 3.29. The van der Waals surface area contributed by atoms with Gasteiger partial charge >= 0.3 is 0 Å². The van der Waals surface area contributed by atoms with Crippen molar-refractivity contribution in [1.82, 2.24) is 20.4 Å². The molecule has 17 heavy (non-hydrogen) atoms. The predicted octanol–water partition coefficient (Wildman–Crippen LogP) is 0.439. The third-order valence-corrected chi connectivity index (χ3v) is 3.75. The van der Waals surface area contributed by atoms with Gasteiger partial charge in [-0.15, -0.1) is 0 Å². The van der Waals surface area contributed by atoms with Crippen molar-refractivity contribution < 1.29 is 0 Å². The van der Waals surface area contributed by atoms with E-state index in [0.29, 0.717) is 6.04 Å². The molecule has 0 aromatic carbocycles. The quantitative estimate of drug-likeness (QED) is 0.709. The van der Waals surface area contributed by atoms with Crippen LogP contribution in [0.5, 0.6) is 0 Å². The third kappa shape index (κ3) is 2.45. The number of hydrogen-bond acceptors (Lipinski definition) is 4. The standard InChI is InChI=1S/C12H21N5/c1-2-10(6-13-4-1)7-15-12-3-5-16-17(12)11-8-14-9-11/h3,5,10-11,13-15H,1-2,4,6-9H2/t10-/m1/s1. The van der Waals surface area contributed by atoms with Crippen molar-refractivity contribution in [3.8, 4) is 0 Å². The van der Waals surface area contributed by atoms with Crippen molar-refractivity contribution >= 4 is 5.82 Å². The molecule has 0 radical (unpaired) electrons. The molecule has 0 unspecified atom stereocenters. The third-order valence-electron chi connectivity index (χ3n) is 3.75. The lowest BCUT2D eigenvalue weighted by Crippen LogP contribution is -2.44. The fourth-order valence-corrected chi connectivity index (χ4v) is 2.54. The smallest absolute Gasteiger partial charge is 0.124 e. The van der Waals surface area contributed by atoms with E-state index in [2.05, 4.69) is 31.8 Å². The van der Waals surface area contributed by atoms with Gasteiger partial charge in [-0.3, -0.25) is 0 Å². The van der Waals surface area contributed by atoms with Crippen molar-refractivity contribution in [2.75, 3.05) is 38.0 Å². The Morgan fingerprint density at radius 3 is 3.00 bits per heavy atom. The number of piperidine rings is 1. The van der Waals surface area contributed by atoms with Crippen LogP contribution in [0.3, 0.4) is 0 Å². The molecular weight excluding hydrogens is 214 g/mol. The van der Waals surface area contributed by atoms with Crippen molar-refractivity contribution in [1.29, 1.82) is 0 Å². The molecule has 3 rings (SSSR count). The first-order valence-electron chi connectivity index (χ1n) is 6.62. The molecule has 5 nitrogen and oxygen atoms in total. The van der Waals surface area contributed by atoms with E-state index in [-0.39, 0.29) is 0 Å². The van der Waals surface area contributed by atoms with E-state index in [4.69, 9.17) is 0 Å². The number of nitrogens with one attached hydrogen (secondary N) is 3. The normalized spacial score (nSPS) is 25.5. The van der Waals surface area contributed by atoms with Gasteiger partial charge in [-0.05, 0) is 31.8 Å². The van der Waals surface area contributed by atoms with Gasteiger partial charge in [0.15, 0.2) is 0 Å². The lowest BCUT2D eigenvalue weighted by molar-refractivity contribution is 0.320. The molecule has 2 fully saturated rings. The zero-order valence-corrected chi connectivity index (χ0v) is 10.2. The molecule has 1 aromatic heterocycles. The van der Waals surface area contributed by atoms with Crippen LogP contribution in [0.4, 0.5) is 5.82 Å². The minimum Gasteiger partial charge on any atom is -0.370 e. The van der Waals surface area contributed by atoms with E-state index in [1.54, 1.807) is 0 Å². The number of rotatable bonds is 4. The fourth-order valence-electron chi connectivity index (χ4n) is 2.54. The topological polar surface area (TPSA) is 53.9 Å².